The highest BCUT2D eigenvalue weighted by Gasteiger charge is 2.27. The zero-order valence-electron chi connectivity index (χ0n) is 16.3. The minimum Gasteiger partial charge on any atom is -0.342 e. The largest absolute Gasteiger partial charge is 0.342 e. The van der Waals surface area contributed by atoms with E-state index in [9.17, 15) is 4.79 Å². The van der Waals surface area contributed by atoms with Crippen LogP contribution in [0.4, 0.5) is 0 Å². The lowest BCUT2D eigenvalue weighted by Gasteiger charge is -2.33. The monoisotopic (exact) mass is 379 g/mol. The summed E-state index contributed by atoms with van der Waals surface area (Å²) >= 11 is 0. The van der Waals surface area contributed by atoms with E-state index in [0.717, 1.165) is 42.0 Å². The number of nitrogens with zero attached hydrogens (tertiary/aromatic N) is 6. The van der Waals surface area contributed by atoms with E-state index in [-0.39, 0.29) is 11.8 Å². The molecule has 8 heteroatoms. The molecule has 0 aliphatic carbocycles. The molecule has 1 atom stereocenters. The molecule has 146 valence electrons. The summed E-state index contributed by atoms with van der Waals surface area (Å²) in [6.07, 6.45) is 4.34. The third kappa shape index (κ3) is 3.81. The Morgan fingerprint density at radius 3 is 2.82 bits per heavy atom. The van der Waals surface area contributed by atoms with Gasteiger partial charge in [-0.15, -0.1) is 5.10 Å². The van der Waals surface area contributed by atoms with E-state index in [2.05, 4.69) is 56.9 Å². The SMILES string of the molecule is Cc1ccc(-c2cn[nH]c2C2CCCN(C(=O)CCn3nnnc3C)C2)cc1. The zero-order valence-corrected chi connectivity index (χ0v) is 16.3. The van der Waals surface area contributed by atoms with Crippen LogP contribution in [0.3, 0.4) is 0 Å². The average molecular weight is 379 g/mol. The van der Waals surface area contributed by atoms with Crippen LogP contribution in [0.25, 0.3) is 11.1 Å². The summed E-state index contributed by atoms with van der Waals surface area (Å²) < 4.78 is 1.67. The molecule has 0 radical (unpaired) electrons. The maximum absolute atomic E-state index is 12.7. The molecule has 1 aliphatic heterocycles. The number of benzene rings is 1. The minimum atomic E-state index is 0.149. The summed E-state index contributed by atoms with van der Waals surface area (Å²) in [5.41, 5.74) is 4.65. The summed E-state index contributed by atoms with van der Waals surface area (Å²) in [4.78, 5) is 14.7. The van der Waals surface area contributed by atoms with Crippen LogP contribution in [0.15, 0.2) is 30.5 Å². The van der Waals surface area contributed by atoms with Crippen LogP contribution < -0.4 is 0 Å². The molecule has 3 aromatic rings. The number of tetrazole rings is 1. The van der Waals surface area contributed by atoms with Crippen LogP contribution in [0, 0.1) is 13.8 Å². The predicted octanol–water partition coefficient (Wildman–Crippen LogP) is 2.48. The number of aryl methyl sites for hydroxylation is 3. The van der Waals surface area contributed by atoms with E-state index in [4.69, 9.17) is 0 Å². The van der Waals surface area contributed by atoms with Crippen molar-refractivity contribution >= 4 is 5.91 Å². The van der Waals surface area contributed by atoms with Crippen LogP contribution in [0.1, 0.15) is 42.3 Å². The van der Waals surface area contributed by atoms with Crippen molar-refractivity contribution in [1.82, 2.24) is 35.3 Å². The molecule has 0 saturated carbocycles. The number of piperidine rings is 1. The van der Waals surface area contributed by atoms with E-state index in [1.165, 1.54) is 5.56 Å². The van der Waals surface area contributed by atoms with E-state index in [0.29, 0.717) is 19.5 Å². The highest BCUT2D eigenvalue weighted by atomic mass is 16.2. The van der Waals surface area contributed by atoms with E-state index in [1.54, 1.807) is 4.68 Å². The summed E-state index contributed by atoms with van der Waals surface area (Å²) in [5.74, 6) is 1.15. The number of aromatic amines is 1. The van der Waals surface area contributed by atoms with Gasteiger partial charge in [-0.25, -0.2) is 4.68 Å². The first kappa shape index (κ1) is 18.3. The Hall–Kier alpha value is -3.03. The quantitative estimate of drug-likeness (QED) is 0.735. The number of likely N-dealkylation sites (tertiary alicyclic amines) is 1. The number of aromatic nitrogens is 6. The van der Waals surface area contributed by atoms with Gasteiger partial charge in [-0.3, -0.25) is 9.89 Å². The lowest BCUT2D eigenvalue weighted by molar-refractivity contribution is -0.132. The number of rotatable bonds is 5. The van der Waals surface area contributed by atoms with Gasteiger partial charge < -0.3 is 4.90 Å². The number of carbonyl (C=O) groups excluding carboxylic acids is 1. The van der Waals surface area contributed by atoms with Gasteiger partial charge in [0.15, 0.2) is 0 Å². The molecule has 0 spiro atoms. The van der Waals surface area contributed by atoms with Crippen molar-refractivity contribution in [2.45, 2.75) is 45.6 Å². The number of hydrogen-bond acceptors (Lipinski definition) is 5. The molecule has 1 aliphatic rings. The van der Waals surface area contributed by atoms with Gasteiger partial charge in [0.05, 0.1) is 12.7 Å². The van der Waals surface area contributed by atoms with Crippen molar-refractivity contribution in [3.63, 3.8) is 0 Å². The van der Waals surface area contributed by atoms with Crippen molar-refractivity contribution in [3.05, 3.63) is 47.5 Å². The van der Waals surface area contributed by atoms with Gasteiger partial charge in [-0.1, -0.05) is 29.8 Å². The van der Waals surface area contributed by atoms with Gasteiger partial charge in [-0.2, -0.15) is 5.10 Å². The van der Waals surface area contributed by atoms with Crippen LogP contribution >= 0.6 is 0 Å². The molecular formula is C20H25N7O. The highest BCUT2D eigenvalue weighted by molar-refractivity contribution is 5.76. The maximum atomic E-state index is 12.7. The van der Waals surface area contributed by atoms with Gasteiger partial charge in [0, 0.05) is 36.7 Å². The van der Waals surface area contributed by atoms with E-state index >= 15 is 0 Å². The first-order valence-corrected chi connectivity index (χ1v) is 9.72. The fourth-order valence-electron chi connectivity index (χ4n) is 3.83. The Bertz CT molecular complexity index is 944. The Morgan fingerprint density at radius 2 is 2.07 bits per heavy atom. The molecular weight excluding hydrogens is 354 g/mol. The van der Waals surface area contributed by atoms with Gasteiger partial charge >= 0.3 is 0 Å². The predicted molar refractivity (Wildman–Crippen MR) is 104 cm³/mol. The van der Waals surface area contributed by atoms with Crippen molar-refractivity contribution < 1.29 is 4.79 Å². The summed E-state index contributed by atoms with van der Waals surface area (Å²) in [6.45, 7) is 5.96. The molecule has 4 rings (SSSR count). The fourth-order valence-corrected chi connectivity index (χ4v) is 3.83. The van der Waals surface area contributed by atoms with Crippen molar-refractivity contribution in [2.75, 3.05) is 13.1 Å². The Kier molecular flexibility index (Phi) is 5.18. The second kappa shape index (κ2) is 7.92. The normalized spacial score (nSPS) is 17.1. The van der Waals surface area contributed by atoms with Crippen LogP contribution in [0.5, 0.6) is 0 Å². The van der Waals surface area contributed by atoms with Crippen molar-refractivity contribution in [2.24, 2.45) is 0 Å². The van der Waals surface area contributed by atoms with Crippen molar-refractivity contribution in [3.8, 4) is 11.1 Å². The highest BCUT2D eigenvalue weighted by Crippen LogP contribution is 2.33. The standard InChI is InChI=1S/C20H25N7O/c1-14-5-7-16(8-6-14)18-12-21-23-20(18)17-4-3-10-26(13-17)19(28)9-11-27-15(2)22-24-25-27/h5-8,12,17H,3-4,9-11,13H2,1-2H3,(H,21,23). The van der Waals surface area contributed by atoms with Gasteiger partial charge in [0.1, 0.15) is 5.82 Å². The van der Waals surface area contributed by atoms with Crippen LogP contribution in [0.2, 0.25) is 0 Å². The first-order chi connectivity index (χ1) is 13.6. The topological polar surface area (TPSA) is 92.6 Å². The number of hydrogen-bond donors (Lipinski definition) is 1. The van der Waals surface area contributed by atoms with Gasteiger partial charge in [0.25, 0.3) is 0 Å². The number of H-pyrrole nitrogens is 1. The summed E-state index contributed by atoms with van der Waals surface area (Å²) in [6, 6.07) is 8.49. The lowest BCUT2D eigenvalue weighted by atomic mass is 9.90. The van der Waals surface area contributed by atoms with Gasteiger partial charge in [-0.05, 0) is 42.7 Å². The lowest BCUT2D eigenvalue weighted by Crippen LogP contribution is -2.39. The Balaban J connectivity index is 1.44. The molecule has 3 heterocycles. The third-order valence-corrected chi connectivity index (χ3v) is 5.46. The molecule has 1 fully saturated rings. The molecule has 1 unspecified atom stereocenters. The second-order valence-corrected chi connectivity index (χ2v) is 7.44. The van der Waals surface area contributed by atoms with Crippen molar-refractivity contribution in [1.29, 1.82) is 0 Å². The number of carbonyl (C=O) groups is 1. The molecule has 0 bridgehead atoms. The summed E-state index contributed by atoms with van der Waals surface area (Å²) in [5, 5.41) is 18.9. The van der Waals surface area contributed by atoms with Crippen LogP contribution in [-0.4, -0.2) is 54.3 Å². The second-order valence-electron chi connectivity index (χ2n) is 7.44. The summed E-state index contributed by atoms with van der Waals surface area (Å²) in [7, 11) is 0. The fraction of sp³-hybridized carbons (Fsp3) is 0.450. The Morgan fingerprint density at radius 1 is 1.25 bits per heavy atom. The number of nitrogens with one attached hydrogen (secondary N) is 1. The Labute approximate surface area is 163 Å². The molecule has 1 aromatic carbocycles. The molecule has 1 saturated heterocycles. The number of amides is 1. The smallest absolute Gasteiger partial charge is 0.224 e. The van der Waals surface area contributed by atoms with Gasteiger partial charge in [0.2, 0.25) is 5.91 Å². The molecule has 2 aromatic heterocycles. The average Bonchev–Trinajstić information content (AvgIpc) is 3.36. The van der Waals surface area contributed by atoms with Crippen LogP contribution in [-0.2, 0) is 11.3 Å². The first-order valence-electron chi connectivity index (χ1n) is 9.72. The maximum Gasteiger partial charge on any atom is 0.224 e. The molecule has 8 nitrogen and oxygen atoms in total. The molecule has 1 amide bonds. The zero-order chi connectivity index (χ0) is 19.5. The minimum absolute atomic E-state index is 0.149. The molecule has 1 N–H and O–H groups in total. The molecule has 28 heavy (non-hydrogen) atoms. The third-order valence-electron chi connectivity index (χ3n) is 5.46. The van der Waals surface area contributed by atoms with E-state index in [1.807, 2.05) is 18.0 Å². The van der Waals surface area contributed by atoms with E-state index < -0.39 is 0 Å².